The molecule has 0 aromatic heterocycles. The molecule has 0 radical (unpaired) electrons. The van der Waals surface area contributed by atoms with Crippen LogP contribution in [0.25, 0.3) is 0 Å². The van der Waals surface area contributed by atoms with Crippen LogP contribution in [0.4, 0.5) is 10.1 Å². The standard InChI is InChI=1S/C15H10FNO3S/c1-20-8-2-4-9(5-3-8)21-13-7-12-10(6-11(13)16)14(18)15(19)17-12/h2-7H,1H3,(H,17,18,19). The van der Waals surface area contributed by atoms with Crippen LogP contribution in [0.5, 0.6) is 5.75 Å². The number of hydrogen-bond acceptors (Lipinski definition) is 4. The summed E-state index contributed by atoms with van der Waals surface area (Å²) >= 11 is 1.21. The normalized spacial score (nSPS) is 13.0. The lowest BCUT2D eigenvalue weighted by Crippen LogP contribution is -2.12. The Bertz CT molecular complexity index is 743. The van der Waals surface area contributed by atoms with Crippen molar-refractivity contribution in [2.24, 2.45) is 0 Å². The number of anilines is 1. The van der Waals surface area contributed by atoms with Gasteiger partial charge < -0.3 is 10.1 Å². The summed E-state index contributed by atoms with van der Waals surface area (Å²) < 4.78 is 19.1. The maximum absolute atomic E-state index is 14.0. The van der Waals surface area contributed by atoms with Gasteiger partial charge in [0.1, 0.15) is 11.6 Å². The van der Waals surface area contributed by atoms with Crippen molar-refractivity contribution >= 4 is 29.1 Å². The molecule has 0 saturated carbocycles. The lowest BCUT2D eigenvalue weighted by atomic mass is 10.1. The zero-order valence-corrected chi connectivity index (χ0v) is 11.8. The number of Topliss-reactive ketones (excluding diaryl/α,β-unsaturated/α-hetero) is 1. The van der Waals surface area contributed by atoms with Crippen LogP contribution >= 0.6 is 11.8 Å². The molecule has 1 amide bonds. The largest absolute Gasteiger partial charge is 0.497 e. The Morgan fingerprint density at radius 3 is 2.52 bits per heavy atom. The Hall–Kier alpha value is -2.34. The molecule has 4 nitrogen and oxygen atoms in total. The monoisotopic (exact) mass is 303 g/mol. The molecule has 0 bridgehead atoms. The molecule has 0 aliphatic carbocycles. The van der Waals surface area contributed by atoms with Gasteiger partial charge >= 0.3 is 0 Å². The van der Waals surface area contributed by atoms with Crippen LogP contribution < -0.4 is 10.1 Å². The molecular formula is C15H10FNO3S. The minimum Gasteiger partial charge on any atom is -0.497 e. The number of amides is 1. The van der Waals surface area contributed by atoms with E-state index in [-0.39, 0.29) is 5.56 Å². The van der Waals surface area contributed by atoms with Gasteiger partial charge in [0, 0.05) is 4.90 Å². The Morgan fingerprint density at radius 1 is 1.14 bits per heavy atom. The third-order valence-electron chi connectivity index (χ3n) is 3.06. The Morgan fingerprint density at radius 2 is 1.86 bits per heavy atom. The molecule has 3 rings (SSSR count). The van der Waals surface area contributed by atoms with Crippen LogP contribution in [0, 0.1) is 5.82 Å². The fourth-order valence-electron chi connectivity index (χ4n) is 2.00. The van der Waals surface area contributed by atoms with Crippen LogP contribution in [0.15, 0.2) is 46.2 Å². The van der Waals surface area contributed by atoms with Gasteiger partial charge in [0.15, 0.2) is 0 Å². The number of fused-ring (bicyclic) bond motifs is 1. The van der Waals surface area contributed by atoms with Gasteiger partial charge in [0.05, 0.1) is 23.3 Å². The second-order valence-corrected chi connectivity index (χ2v) is 5.50. The van der Waals surface area contributed by atoms with Crippen LogP contribution in [-0.2, 0) is 4.79 Å². The number of methoxy groups -OCH3 is 1. The first kappa shape index (κ1) is 13.6. The number of halogens is 1. The summed E-state index contributed by atoms with van der Waals surface area (Å²) in [4.78, 5) is 23.9. The average molecular weight is 303 g/mol. The van der Waals surface area contributed by atoms with E-state index in [9.17, 15) is 14.0 Å². The van der Waals surface area contributed by atoms with Crippen molar-refractivity contribution in [2.45, 2.75) is 9.79 Å². The van der Waals surface area contributed by atoms with Crippen molar-refractivity contribution in [2.75, 3.05) is 12.4 Å². The number of ketones is 1. The van der Waals surface area contributed by atoms with Crippen molar-refractivity contribution in [3.8, 4) is 5.75 Å². The molecule has 6 heteroatoms. The lowest BCUT2D eigenvalue weighted by Gasteiger charge is -2.06. The fourth-order valence-corrected chi connectivity index (χ4v) is 2.85. The van der Waals surface area contributed by atoms with Gasteiger partial charge in [-0.2, -0.15) is 0 Å². The average Bonchev–Trinajstić information content (AvgIpc) is 2.75. The third kappa shape index (κ3) is 2.50. The van der Waals surface area contributed by atoms with E-state index in [2.05, 4.69) is 5.32 Å². The van der Waals surface area contributed by atoms with Crippen LogP contribution in [-0.4, -0.2) is 18.8 Å². The van der Waals surface area contributed by atoms with E-state index in [0.29, 0.717) is 16.3 Å². The molecule has 1 aliphatic rings. The number of hydrogen-bond donors (Lipinski definition) is 1. The first-order valence-electron chi connectivity index (χ1n) is 6.09. The number of nitrogens with one attached hydrogen (secondary N) is 1. The van der Waals surface area contributed by atoms with Gasteiger partial charge in [-0.1, -0.05) is 11.8 Å². The molecule has 0 spiro atoms. The maximum Gasteiger partial charge on any atom is 0.296 e. The molecule has 1 heterocycles. The molecule has 1 N–H and O–H groups in total. The summed E-state index contributed by atoms with van der Waals surface area (Å²) in [5.74, 6) is -1.24. The van der Waals surface area contributed by atoms with Crippen LogP contribution in [0.3, 0.4) is 0 Å². The van der Waals surface area contributed by atoms with Gasteiger partial charge in [0.2, 0.25) is 0 Å². The van der Waals surface area contributed by atoms with Crippen molar-refractivity contribution in [3.63, 3.8) is 0 Å². The molecule has 2 aromatic rings. The van der Waals surface area contributed by atoms with Gasteiger partial charge in [-0.15, -0.1) is 0 Å². The number of carbonyl (C=O) groups is 2. The molecule has 0 fully saturated rings. The smallest absolute Gasteiger partial charge is 0.296 e. The number of benzene rings is 2. The highest BCUT2D eigenvalue weighted by Gasteiger charge is 2.29. The lowest BCUT2D eigenvalue weighted by molar-refractivity contribution is -0.112. The van der Waals surface area contributed by atoms with E-state index >= 15 is 0 Å². The molecule has 21 heavy (non-hydrogen) atoms. The number of ether oxygens (including phenoxy) is 1. The quantitative estimate of drug-likeness (QED) is 0.885. The molecule has 0 unspecified atom stereocenters. The summed E-state index contributed by atoms with van der Waals surface area (Å²) in [6, 6.07) is 9.74. The molecule has 106 valence electrons. The van der Waals surface area contributed by atoms with E-state index in [1.54, 1.807) is 31.4 Å². The van der Waals surface area contributed by atoms with Crippen molar-refractivity contribution in [1.82, 2.24) is 0 Å². The second-order valence-electron chi connectivity index (χ2n) is 4.39. The molecule has 0 atom stereocenters. The molecular weight excluding hydrogens is 293 g/mol. The minimum atomic E-state index is -0.726. The Labute approximate surface area is 124 Å². The summed E-state index contributed by atoms with van der Waals surface area (Å²) in [5, 5.41) is 2.43. The minimum absolute atomic E-state index is 0.0802. The van der Waals surface area contributed by atoms with Gasteiger partial charge in [-0.3, -0.25) is 9.59 Å². The molecule has 1 aliphatic heterocycles. The van der Waals surface area contributed by atoms with E-state index in [1.165, 1.54) is 17.8 Å². The predicted octanol–water partition coefficient (Wildman–Crippen LogP) is 3.12. The predicted molar refractivity (Wildman–Crippen MR) is 76.5 cm³/mol. The first-order valence-corrected chi connectivity index (χ1v) is 6.91. The van der Waals surface area contributed by atoms with Crippen LogP contribution in [0.2, 0.25) is 0 Å². The third-order valence-corrected chi connectivity index (χ3v) is 4.10. The zero-order valence-electron chi connectivity index (χ0n) is 11.0. The Kier molecular flexibility index (Phi) is 3.39. The van der Waals surface area contributed by atoms with Crippen molar-refractivity contribution in [1.29, 1.82) is 0 Å². The SMILES string of the molecule is COc1ccc(Sc2cc3c(cc2F)C(=O)C(=O)N3)cc1. The Balaban J connectivity index is 1.91. The summed E-state index contributed by atoms with van der Waals surface area (Å²) in [6.07, 6.45) is 0. The van der Waals surface area contributed by atoms with Crippen molar-refractivity contribution in [3.05, 3.63) is 47.8 Å². The highest BCUT2D eigenvalue weighted by atomic mass is 32.2. The topological polar surface area (TPSA) is 55.4 Å². The molecule has 0 saturated heterocycles. The van der Waals surface area contributed by atoms with E-state index < -0.39 is 17.5 Å². The van der Waals surface area contributed by atoms with E-state index in [4.69, 9.17) is 4.74 Å². The van der Waals surface area contributed by atoms with Crippen molar-refractivity contribution < 1.29 is 18.7 Å². The number of carbonyl (C=O) groups excluding carboxylic acids is 2. The fraction of sp³-hybridized carbons (Fsp3) is 0.0667. The summed E-state index contributed by atoms with van der Waals surface area (Å²) in [6.45, 7) is 0. The van der Waals surface area contributed by atoms with E-state index in [0.717, 1.165) is 11.0 Å². The number of rotatable bonds is 3. The molecule has 2 aromatic carbocycles. The highest BCUT2D eigenvalue weighted by molar-refractivity contribution is 7.99. The summed E-state index contributed by atoms with van der Waals surface area (Å²) in [5.41, 5.74) is 0.430. The first-order chi connectivity index (χ1) is 10.1. The summed E-state index contributed by atoms with van der Waals surface area (Å²) in [7, 11) is 1.57. The van der Waals surface area contributed by atoms with Crippen LogP contribution in [0.1, 0.15) is 10.4 Å². The van der Waals surface area contributed by atoms with Gasteiger partial charge in [0.25, 0.3) is 11.7 Å². The van der Waals surface area contributed by atoms with Gasteiger partial charge in [-0.25, -0.2) is 4.39 Å². The van der Waals surface area contributed by atoms with E-state index in [1.807, 2.05) is 0 Å². The zero-order chi connectivity index (χ0) is 15.0. The maximum atomic E-state index is 14.0. The van der Waals surface area contributed by atoms with Gasteiger partial charge in [-0.05, 0) is 36.4 Å². The highest BCUT2D eigenvalue weighted by Crippen LogP contribution is 2.35. The second kappa shape index (κ2) is 5.21.